The fourth-order valence-corrected chi connectivity index (χ4v) is 1.82. The summed E-state index contributed by atoms with van der Waals surface area (Å²) in [6.45, 7) is 0.532. The van der Waals surface area contributed by atoms with Gasteiger partial charge >= 0.3 is 0 Å². The van der Waals surface area contributed by atoms with Gasteiger partial charge in [-0.15, -0.1) is 0 Å². The molecule has 0 unspecified atom stereocenters. The first-order chi connectivity index (χ1) is 9.16. The van der Waals surface area contributed by atoms with E-state index in [1.54, 1.807) is 18.2 Å². The molecule has 0 fully saturated rings. The molecule has 0 aliphatic heterocycles. The number of hydrogen-bond acceptors (Lipinski definition) is 4. The SMILES string of the molecule is Nc1ccc(Cl)c(C(=O)NCCCc2ncn[nH]2)c1. The van der Waals surface area contributed by atoms with Gasteiger partial charge in [-0.3, -0.25) is 9.89 Å². The Morgan fingerprint density at radius 1 is 1.47 bits per heavy atom. The number of aromatic amines is 1. The summed E-state index contributed by atoms with van der Waals surface area (Å²) in [5, 5.41) is 9.69. The number of nitrogen functional groups attached to an aromatic ring is 1. The Balaban J connectivity index is 1.82. The number of benzene rings is 1. The molecule has 2 aromatic rings. The second-order valence-corrected chi connectivity index (χ2v) is 4.44. The maximum atomic E-state index is 11.9. The molecular formula is C12H14ClN5O. The van der Waals surface area contributed by atoms with Gasteiger partial charge < -0.3 is 11.1 Å². The lowest BCUT2D eigenvalue weighted by Crippen LogP contribution is -2.25. The number of aromatic nitrogens is 3. The van der Waals surface area contributed by atoms with Crippen molar-refractivity contribution in [3.05, 3.63) is 40.9 Å². The molecule has 6 nitrogen and oxygen atoms in total. The van der Waals surface area contributed by atoms with Crippen LogP contribution in [0.5, 0.6) is 0 Å². The third kappa shape index (κ3) is 3.69. The molecule has 100 valence electrons. The van der Waals surface area contributed by atoms with E-state index in [0.717, 1.165) is 18.7 Å². The number of rotatable bonds is 5. The Morgan fingerprint density at radius 2 is 2.32 bits per heavy atom. The van der Waals surface area contributed by atoms with Crippen LogP contribution >= 0.6 is 11.6 Å². The quantitative estimate of drug-likeness (QED) is 0.569. The minimum Gasteiger partial charge on any atom is -0.399 e. The highest BCUT2D eigenvalue weighted by Crippen LogP contribution is 2.18. The van der Waals surface area contributed by atoms with Crippen molar-refractivity contribution < 1.29 is 4.79 Å². The van der Waals surface area contributed by atoms with Crippen molar-refractivity contribution in [2.75, 3.05) is 12.3 Å². The summed E-state index contributed by atoms with van der Waals surface area (Å²) in [6.07, 6.45) is 2.95. The van der Waals surface area contributed by atoms with Crippen LogP contribution in [0.25, 0.3) is 0 Å². The van der Waals surface area contributed by atoms with E-state index < -0.39 is 0 Å². The monoisotopic (exact) mass is 279 g/mol. The Morgan fingerprint density at radius 3 is 3.05 bits per heavy atom. The molecule has 2 rings (SSSR count). The van der Waals surface area contributed by atoms with Crippen molar-refractivity contribution in [2.24, 2.45) is 0 Å². The molecule has 19 heavy (non-hydrogen) atoms. The first-order valence-corrected chi connectivity index (χ1v) is 6.22. The molecule has 0 spiro atoms. The first-order valence-electron chi connectivity index (χ1n) is 5.84. The van der Waals surface area contributed by atoms with Crippen LogP contribution in [0.15, 0.2) is 24.5 Å². The summed E-state index contributed by atoms with van der Waals surface area (Å²) in [4.78, 5) is 15.9. The average molecular weight is 280 g/mol. The average Bonchev–Trinajstić information content (AvgIpc) is 2.90. The third-order valence-electron chi connectivity index (χ3n) is 2.58. The second kappa shape index (κ2) is 6.19. The van der Waals surface area contributed by atoms with Crippen LogP contribution in [0.3, 0.4) is 0 Å². The van der Waals surface area contributed by atoms with Gasteiger partial charge in [0.15, 0.2) is 0 Å². The largest absolute Gasteiger partial charge is 0.399 e. The van der Waals surface area contributed by atoms with E-state index in [1.165, 1.54) is 6.33 Å². The molecule has 0 saturated carbocycles. The fourth-order valence-electron chi connectivity index (χ4n) is 1.62. The molecule has 1 aromatic carbocycles. The number of carbonyl (C=O) groups is 1. The van der Waals surface area contributed by atoms with Gasteiger partial charge in [0.25, 0.3) is 5.91 Å². The second-order valence-electron chi connectivity index (χ2n) is 4.03. The van der Waals surface area contributed by atoms with Crippen LogP contribution in [0.2, 0.25) is 5.02 Å². The minimum absolute atomic E-state index is 0.227. The van der Waals surface area contributed by atoms with E-state index in [1.807, 2.05) is 0 Å². The van der Waals surface area contributed by atoms with Gasteiger partial charge in [-0.1, -0.05) is 11.6 Å². The summed E-state index contributed by atoms with van der Waals surface area (Å²) in [5.74, 6) is 0.575. The van der Waals surface area contributed by atoms with E-state index in [-0.39, 0.29) is 5.91 Å². The lowest BCUT2D eigenvalue weighted by Gasteiger charge is -2.07. The Bertz CT molecular complexity index is 555. The number of carbonyl (C=O) groups excluding carboxylic acids is 1. The highest BCUT2D eigenvalue weighted by Gasteiger charge is 2.10. The summed E-state index contributed by atoms with van der Waals surface area (Å²) in [7, 11) is 0. The molecule has 4 N–H and O–H groups in total. The number of H-pyrrole nitrogens is 1. The summed E-state index contributed by atoms with van der Waals surface area (Å²) < 4.78 is 0. The van der Waals surface area contributed by atoms with Gasteiger partial charge in [0.1, 0.15) is 12.2 Å². The van der Waals surface area contributed by atoms with Crippen LogP contribution in [-0.4, -0.2) is 27.6 Å². The van der Waals surface area contributed by atoms with Crippen molar-refractivity contribution in [1.29, 1.82) is 0 Å². The van der Waals surface area contributed by atoms with Crippen molar-refractivity contribution in [3.8, 4) is 0 Å². The molecule has 1 heterocycles. The predicted molar refractivity (Wildman–Crippen MR) is 72.9 cm³/mol. The van der Waals surface area contributed by atoms with Crippen molar-refractivity contribution in [2.45, 2.75) is 12.8 Å². The van der Waals surface area contributed by atoms with Crippen LogP contribution in [0.1, 0.15) is 22.6 Å². The van der Waals surface area contributed by atoms with Gasteiger partial charge in [-0.25, -0.2) is 4.98 Å². The lowest BCUT2D eigenvalue weighted by atomic mass is 10.2. The Kier molecular flexibility index (Phi) is 4.35. The Hall–Kier alpha value is -2.08. The van der Waals surface area contributed by atoms with Gasteiger partial charge in [0.05, 0.1) is 10.6 Å². The lowest BCUT2D eigenvalue weighted by molar-refractivity contribution is 0.0953. The van der Waals surface area contributed by atoms with Crippen LogP contribution in [0.4, 0.5) is 5.69 Å². The number of nitrogens with one attached hydrogen (secondary N) is 2. The molecule has 0 radical (unpaired) electrons. The Labute approximate surface area is 115 Å². The van der Waals surface area contributed by atoms with Crippen molar-refractivity contribution in [3.63, 3.8) is 0 Å². The van der Waals surface area contributed by atoms with E-state index in [0.29, 0.717) is 22.8 Å². The number of aryl methyl sites for hydroxylation is 1. The molecule has 0 aliphatic rings. The van der Waals surface area contributed by atoms with Crippen molar-refractivity contribution >= 4 is 23.2 Å². The standard InChI is InChI=1S/C12H14ClN5O/c13-10-4-3-8(14)6-9(10)12(19)15-5-1-2-11-16-7-17-18-11/h3-4,6-7H,1-2,5,14H2,(H,15,19)(H,16,17,18). The van der Waals surface area contributed by atoms with Crippen LogP contribution in [0, 0.1) is 0 Å². The highest BCUT2D eigenvalue weighted by atomic mass is 35.5. The van der Waals surface area contributed by atoms with E-state index in [9.17, 15) is 4.79 Å². The molecule has 7 heteroatoms. The number of anilines is 1. The number of amides is 1. The van der Waals surface area contributed by atoms with E-state index >= 15 is 0 Å². The fraction of sp³-hybridized carbons (Fsp3) is 0.250. The minimum atomic E-state index is -0.227. The molecule has 0 bridgehead atoms. The number of nitrogens with zero attached hydrogens (tertiary/aromatic N) is 2. The molecule has 1 amide bonds. The first kappa shape index (κ1) is 13.4. The molecule has 1 aromatic heterocycles. The van der Waals surface area contributed by atoms with E-state index in [2.05, 4.69) is 20.5 Å². The number of nitrogens with two attached hydrogens (primary N) is 1. The van der Waals surface area contributed by atoms with Gasteiger partial charge in [0, 0.05) is 18.7 Å². The zero-order valence-electron chi connectivity index (χ0n) is 10.2. The maximum Gasteiger partial charge on any atom is 0.252 e. The number of hydrogen-bond donors (Lipinski definition) is 3. The normalized spacial score (nSPS) is 10.4. The third-order valence-corrected chi connectivity index (χ3v) is 2.91. The summed E-state index contributed by atoms with van der Waals surface area (Å²) in [6, 6.07) is 4.83. The predicted octanol–water partition coefficient (Wildman–Crippen LogP) is 1.40. The summed E-state index contributed by atoms with van der Waals surface area (Å²) >= 11 is 5.95. The maximum absolute atomic E-state index is 11.9. The van der Waals surface area contributed by atoms with Crippen molar-refractivity contribution in [1.82, 2.24) is 20.5 Å². The van der Waals surface area contributed by atoms with Gasteiger partial charge in [-0.2, -0.15) is 5.10 Å². The molecule has 0 aliphatic carbocycles. The summed E-state index contributed by atoms with van der Waals surface area (Å²) in [5.41, 5.74) is 6.53. The highest BCUT2D eigenvalue weighted by molar-refractivity contribution is 6.34. The smallest absolute Gasteiger partial charge is 0.252 e. The molecule has 0 saturated heterocycles. The van der Waals surface area contributed by atoms with E-state index in [4.69, 9.17) is 17.3 Å². The topological polar surface area (TPSA) is 96.7 Å². The zero-order chi connectivity index (χ0) is 13.7. The zero-order valence-corrected chi connectivity index (χ0v) is 10.9. The molecule has 0 atom stereocenters. The van der Waals surface area contributed by atoms with Gasteiger partial charge in [-0.05, 0) is 24.6 Å². The van der Waals surface area contributed by atoms with Crippen LogP contribution in [-0.2, 0) is 6.42 Å². The number of halogens is 1. The van der Waals surface area contributed by atoms with Gasteiger partial charge in [0.2, 0.25) is 0 Å². The van der Waals surface area contributed by atoms with Crippen LogP contribution < -0.4 is 11.1 Å². The molecular weight excluding hydrogens is 266 g/mol.